The van der Waals surface area contributed by atoms with Crippen LogP contribution in [0, 0.1) is 0 Å². The van der Waals surface area contributed by atoms with Gasteiger partial charge < -0.3 is 15.2 Å². The van der Waals surface area contributed by atoms with E-state index in [0.29, 0.717) is 32.9 Å². The Kier molecular flexibility index (Phi) is 4.53. The molecule has 0 saturated carbocycles. The summed E-state index contributed by atoms with van der Waals surface area (Å²) in [6.45, 7) is 2.00. The van der Waals surface area contributed by atoms with Crippen LogP contribution in [-0.2, 0) is 4.74 Å². The van der Waals surface area contributed by atoms with E-state index >= 15 is 0 Å². The van der Waals surface area contributed by atoms with E-state index in [2.05, 4.69) is 10.3 Å². The van der Waals surface area contributed by atoms with Gasteiger partial charge in [-0.15, -0.1) is 0 Å². The highest BCUT2D eigenvalue weighted by Gasteiger charge is 2.17. The number of phenols is 1. The number of benzene rings is 2. The number of esters is 1. The molecule has 0 amide bonds. The summed E-state index contributed by atoms with van der Waals surface area (Å²) in [6.07, 6.45) is 1.47. The summed E-state index contributed by atoms with van der Waals surface area (Å²) in [5.41, 5.74) is 2.16. The van der Waals surface area contributed by atoms with Gasteiger partial charge in [0.05, 0.1) is 17.8 Å². The van der Waals surface area contributed by atoms with Crippen molar-refractivity contribution in [1.29, 1.82) is 0 Å². The second kappa shape index (κ2) is 6.76. The molecule has 0 fully saturated rings. The van der Waals surface area contributed by atoms with Gasteiger partial charge in [0.2, 0.25) is 0 Å². The quantitative estimate of drug-likeness (QED) is 0.682. The zero-order valence-corrected chi connectivity index (χ0v) is 13.7. The number of fused-ring (bicyclic) bond motifs is 1. The predicted octanol–water partition coefficient (Wildman–Crippen LogP) is 4.51. The zero-order valence-electron chi connectivity index (χ0n) is 12.9. The number of aromatic hydroxyl groups is 1. The molecule has 24 heavy (non-hydrogen) atoms. The SMILES string of the molecule is CCOC(=O)c1cnc2ccc(Cl)cc2c1Nc1cccc(O)c1. The highest BCUT2D eigenvalue weighted by Crippen LogP contribution is 2.32. The summed E-state index contributed by atoms with van der Waals surface area (Å²) in [4.78, 5) is 16.6. The first-order chi connectivity index (χ1) is 11.6. The first kappa shape index (κ1) is 16.1. The Morgan fingerprint density at radius 1 is 1.29 bits per heavy atom. The molecule has 0 unspecified atom stereocenters. The first-order valence-corrected chi connectivity index (χ1v) is 7.77. The Morgan fingerprint density at radius 3 is 2.88 bits per heavy atom. The third-order valence-corrected chi connectivity index (χ3v) is 3.68. The van der Waals surface area contributed by atoms with Crippen LogP contribution >= 0.6 is 11.6 Å². The van der Waals surface area contributed by atoms with Gasteiger partial charge in [0.15, 0.2) is 0 Å². The number of hydrogen-bond acceptors (Lipinski definition) is 5. The molecule has 0 bridgehead atoms. The molecular formula is C18H15ClN2O3. The minimum Gasteiger partial charge on any atom is -0.508 e. The number of rotatable bonds is 4. The third kappa shape index (κ3) is 3.26. The van der Waals surface area contributed by atoms with Crippen molar-refractivity contribution in [3.63, 3.8) is 0 Å². The number of hydrogen-bond donors (Lipinski definition) is 2. The highest BCUT2D eigenvalue weighted by atomic mass is 35.5. The van der Waals surface area contributed by atoms with E-state index in [1.165, 1.54) is 6.20 Å². The summed E-state index contributed by atoms with van der Waals surface area (Å²) in [5, 5.41) is 14.0. The molecule has 2 N–H and O–H groups in total. The maximum atomic E-state index is 12.3. The van der Waals surface area contributed by atoms with E-state index in [1.807, 2.05) is 0 Å². The molecule has 0 aliphatic rings. The average molecular weight is 343 g/mol. The lowest BCUT2D eigenvalue weighted by atomic mass is 10.1. The van der Waals surface area contributed by atoms with Crippen LogP contribution in [0.5, 0.6) is 5.75 Å². The lowest BCUT2D eigenvalue weighted by molar-refractivity contribution is 0.0527. The van der Waals surface area contributed by atoms with E-state index in [4.69, 9.17) is 16.3 Å². The topological polar surface area (TPSA) is 71.5 Å². The van der Waals surface area contributed by atoms with Gasteiger partial charge in [-0.2, -0.15) is 0 Å². The number of anilines is 2. The molecule has 3 aromatic rings. The summed E-state index contributed by atoms with van der Waals surface area (Å²) in [5.74, 6) is -0.358. The second-order valence-electron chi connectivity index (χ2n) is 5.10. The average Bonchev–Trinajstić information content (AvgIpc) is 2.55. The standard InChI is InChI=1S/C18H15ClN2O3/c1-2-24-18(23)15-10-20-16-7-6-11(19)8-14(16)17(15)21-12-4-3-5-13(22)9-12/h3-10,22H,2H2,1H3,(H,20,21). The van der Waals surface area contributed by atoms with Crippen LogP contribution in [0.1, 0.15) is 17.3 Å². The molecule has 5 nitrogen and oxygen atoms in total. The predicted molar refractivity (Wildman–Crippen MR) is 94.1 cm³/mol. The van der Waals surface area contributed by atoms with Gasteiger partial charge in [0, 0.05) is 28.4 Å². The fraction of sp³-hybridized carbons (Fsp3) is 0.111. The van der Waals surface area contributed by atoms with Crippen LogP contribution in [0.3, 0.4) is 0 Å². The van der Waals surface area contributed by atoms with Gasteiger partial charge in [0.1, 0.15) is 11.3 Å². The largest absolute Gasteiger partial charge is 0.508 e. The van der Waals surface area contributed by atoms with Gasteiger partial charge >= 0.3 is 5.97 Å². The fourth-order valence-electron chi connectivity index (χ4n) is 2.39. The Morgan fingerprint density at radius 2 is 2.12 bits per heavy atom. The Bertz CT molecular complexity index is 912. The Hall–Kier alpha value is -2.79. The van der Waals surface area contributed by atoms with Crippen molar-refractivity contribution in [3.05, 3.63) is 59.2 Å². The van der Waals surface area contributed by atoms with Crippen molar-refractivity contribution >= 4 is 39.8 Å². The van der Waals surface area contributed by atoms with Crippen LogP contribution in [-0.4, -0.2) is 22.7 Å². The molecular weight excluding hydrogens is 328 g/mol. The molecule has 3 rings (SSSR count). The Balaban J connectivity index is 2.18. The maximum absolute atomic E-state index is 12.3. The molecule has 2 aromatic carbocycles. The lowest BCUT2D eigenvalue weighted by Gasteiger charge is -2.14. The number of phenolic OH excluding ortho intramolecular Hbond substituents is 1. The zero-order chi connectivity index (χ0) is 17.1. The summed E-state index contributed by atoms with van der Waals surface area (Å²) in [6, 6.07) is 11.9. The summed E-state index contributed by atoms with van der Waals surface area (Å²) >= 11 is 6.10. The molecule has 0 radical (unpaired) electrons. The minimum atomic E-state index is -0.477. The van der Waals surface area contributed by atoms with Crippen LogP contribution < -0.4 is 5.32 Å². The Labute approximate surface area is 143 Å². The van der Waals surface area contributed by atoms with E-state index in [-0.39, 0.29) is 12.4 Å². The molecule has 0 aliphatic heterocycles. The van der Waals surface area contributed by atoms with E-state index < -0.39 is 5.97 Å². The number of pyridine rings is 1. The van der Waals surface area contributed by atoms with Crippen LogP contribution in [0.15, 0.2) is 48.7 Å². The molecule has 1 aromatic heterocycles. The number of carbonyl (C=O) groups is 1. The van der Waals surface area contributed by atoms with Crippen LogP contribution in [0.2, 0.25) is 5.02 Å². The molecule has 6 heteroatoms. The van der Waals surface area contributed by atoms with Gasteiger partial charge in [-0.1, -0.05) is 17.7 Å². The maximum Gasteiger partial charge on any atom is 0.341 e. The van der Waals surface area contributed by atoms with Crippen molar-refractivity contribution in [2.75, 3.05) is 11.9 Å². The molecule has 122 valence electrons. The minimum absolute atomic E-state index is 0.120. The third-order valence-electron chi connectivity index (χ3n) is 3.44. The van der Waals surface area contributed by atoms with Crippen LogP contribution in [0.25, 0.3) is 10.9 Å². The monoisotopic (exact) mass is 342 g/mol. The van der Waals surface area contributed by atoms with Gasteiger partial charge in [-0.05, 0) is 37.3 Å². The molecule has 0 atom stereocenters. The van der Waals surface area contributed by atoms with Crippen molar-refractivity contribution < 1.29 is 14.6 Å². The highest BCUT2D eigenvalue weighted by molar-refractivity contribution is 6.31. The number of halogens is 1. The molecule has 0 saturated heterocycles. The summed E-state index contributed by atoms with van der Waals surface area (Å²) in [7, 11) is 0. The number of ether oxygens (including phenoxy) is 1. The van der Waals surface area contributed by atoms with Crippen molar-refractivity contribution in [1.82, 2.24) is 4.98 Å². The fourth-order valence-corrected chi connectivity index (χ4v) is 2.56. The van der Waals surface area contributed by atoms with E-state index in [9.17, 15) is 9.90 Å². The lowest BCUT2D eigenvalue weighted by Crippen LogP contribution is -2.09. The van der Waals surface area contributed by atoms with Gasteiger partial charge in [0.25, 0.3) is 0 Å². The van der Waals surface area contributed by atoms with Gasteiger partial charge in [-0.25, -0.2) is 4.79 Å². The summed E-state index contributed by atoms with van der Waals surface area (Å²) < 4.78 is 5.11. The first-order valence-electron chi connectivity index (χ1n) is 7.40. The van der Waals surface area contributed by atoms with Crippen LogP contribution in [0.4, 0.5) is 11.4 Å². The van der Waals surface area contributed by atoms with E-state index in [1.54, 1.807) is 49.4 Å². The normalized spacial score (nSPS) is 10.6. The number of nitrogens with zero attached hydrogens (tertiary/aromatic N) is 1. The molecule has 1 heterocycles. The van der Waals surface area contributed by atoms with Crippen molar-refractivity contribution in [2.24, 2.45) is 0 Å². The number of carbonyl (C=O) groups excluding carboxylic acids is 1. The van der Waals surface area contributed by atoms with Gasteiger partial charge in [-0.3, -0.25) is 4.98 Å². The number of nitrogens with one attached hydrogen (secondary N) is 1. The van der Waals surface area contributed by atoms with Crippen molar-refractivity contribution in [2.45, 2.75) is 6.92 Å². The van der Waals surface area contributed by atoms with Crippen molar-refractivity contribution in [3.8, 4) is 5.75 Å². The smallest absolute Gasteiger partial charge is 0.341 e. The number of aromatic nitrogens is 1. The van der Waals surface area contributed by atoms with E-state index in [0.717, 1.165) is 0 Å². The molecule has 0 aliphatic carbocycles. The molecule has 0 spiro atoms. The second-order valence-corrected chi connectivity index (χ2v) is 5.54.